The summed E-state index contributed by atoms with van der Waals surface area (Å²) in [6, 6.07) is 0. The zero-order chi connectivity index (χ0) is 9.41. The van der Waals surface area contributed by atoms with Crippen molar-refractivity contribution in [3.8, 4) is 0 Å². The van der Waals surface area contributed by atoms with Gasteiger partial charge < -0.3 is 9.47 Å². The lowest BCUT2D eigenvalue weighted by Gasteiger charge is -2.04. The van der Waals surface area contributed by atoms with Crippen LogP contribution in [0.15, 0.2) is 12.7 Å². The molecule has 0 aromatic carbocycles. The number of ether oxygens (including phenoxy) is 2. The Labute approximate surface area is 70.2 Å². The van der Waals surface area contributed by atoms with E-state index in [4.69, 9.17) is 4.74 Å². The first-order valence-corrected chi connectivity index (χ1v) is 3.59. The SMILES string of the molecule is C=CC(=O)OCC1(F)OC1(C)C. The third-order valence-electron chi connectivity index (χ3n) is 1.84. The van der Waals surface area contributed by atoms with Gasteiger partial charge >= 0.3 is 5.97 Å². The number of rotatable bonds is 3. The molecule has 3 nitrogen and oxygen atoms in total. The molecule has 0 aromatic heterocycles. The Morgan fingerprint density at radius 1 is 1.75 bits per heavy atom. The Kier molecular flexibility index (Phi) is 1.96. The first-order valence-electron chi connectivity index (χ1n) is 3.59. The van der Waals surface area contributed by atoms with Gasteiger partial charge in [-0.3, -0.25) is 0 Å². The molecular weight excluding hydrogens is 163 g/mol. The third kappa shape index (κ3) is 1.48. The molecule has 1 fully saturated rings. The zero-order valence-corrected chi connectivity index (χ0v) is 7.09. The Bertz CT molecular complexity index is 224. The predicted octanol–water partition coefficient (Wildman–Crippen LogP) is 1.19. The van der Waals surface area contributed by atoms with Crippen LogP contribution in [-0.4, -0.2) is 24.0 Å². The quantitative estimate of drug-likeness (QED) is 0.366. The summed E-state index contributed by atoms with van der Waals surface area (Å²) in [5.41, 5.74) is -0.839. The first kappa shape index (κ1) is 9.19. The molecule has 0 amide bonds. The van der Waals surface area contributed by atoms with Gasteiger partial charge in [-0.15, -0.1) is 0 Å². The molecule has 0 aliphatic carbocycles. The Hall–Kier alpha value is -0.900. The molecule has 0 aromatic rings. The molecule has 1 saturated heterocycles. The summed E-state index contributed by atoms with van der Waals surface area (Å²) in [5, 5.41) is 0. The second-order valence-corrected chi connectivity index (χ2v) is 3.15. The summed E-state index contributed by atoms with van der Waals surface area (Å²) in [7, 11) is 0. The fourth-order valence-corrected chi connectivity index (χ4v) is 0.805. The molecule has 4 heteroatoms. The van der Waals surface area contributed by atoms with Crippen LogP contribution in [0.3, 0.4) is 0 Å². The van der Waals surface area contributed by atoms with E-state index in [2.05, 4.69) is 11.3 Å². The van der Waals surface area contributed by atoms with Gasteiger partial charge in [-0.05, 0) is 13.8 Å². The van der Waals surface area contributed by atoms with Crippen molar-refractivity contribution in [3.63, 3.8) is 0 Å². The molecule has 1 atom stereocenters. The maximum absolute atomic E-state index is 13.2. The summed E-state index contributed by atoms with van der Waals surface area (Å²) in [4.78, 5) is 10.5. The summed E-state index contributed by atoms with van der Waals surface area (Å²) < 4.78 is 22.4. The van der Waals surface area contributed by atoms with E-state index in [0.717, 1.165) is 6.08 Å². The average molecular weight is 174 g/mol. The van der Waals surface area contributed by atoms with Crippen molar-refractivity contribution in [1.29, 1.82) is 0 Å². The molecule has 1 aliphatic rings. The van der Waals surface area contributed by atoms with Gasteiger partial charge in [-0.1, -0.05) is 6.58 Å². The van der Waals surface area contributed by atoms with E-state index in [1.54, 1.807) is 13.8 Å². The maximum Gasteiger partial charge on any atom is 0.330 e. The number of hydrogen-bond acceptors (Lipinski definition) is 3. The van der Waals surface area contributed by atoms with Gasteiger partial charge in [-0.2, -0.15) is 0 Å². The minimum Gasteiger partial charge on any atom is -0.456 e. The van der Waals surface area contributed by atoms with Gasteiger partial charge in [0.1, 0.15) is 5.60 Å². The number of esters is 1. The second kappa shape index (κ2) is 2.55. The highest BCUT2D eigenvalue weighted by atomic mass is 19.2. The van der Waals surface area contributed by atoms with Gasteiger partial charge in [-0.25, -0.2) is 9.18 Å². The molecule has 12 heavy (non-hydrogen) atoms. The van der Waals surface area contributed by atoms with E-state index in [1.807, 2.05) is 0 Å². The normalized spacial score (nSPS) is 30.9. The Morgan fingerprint density at radius 2 is 2.25 bits per heavy atom. The highest BCUT2D eigenvalue weighted by Gasteiger charge is 2.66. The zero-order valence-electron chi connectivity index (χ0n) is 7.09. The fraction of sp³-hybridized carbons (Fsp3) is 0.625. The van der Waals surface area contributed by atoms with Crippen molar-refractivity contribution in [1.82, 2.24) is 0 Å². The molecule has 0 bridgehead atoms. The molecule has 1 aliphatic heterocycles. The van der Waals surface area contributed by atoms with E-state index in [9.17, 15) is 9.18 Å². The van der Waals surface area contributed by atoms with Crippen LogP contribution in [0.1, 0.15) is 13.8 Å². The standard InChI is InChI=1S/C8H11FO3/c1-4-6(10)11-5-8(9)7(2,3)12-8/h4H,1,5H2,2-3H3. The highest BCUT2D eigenvalue weighted by molar-refractivity contribution is 5.81. The van der Waals surface area contributed by atoms with Crippen LogP contribution < -0.4 is 0 Å². The minimum absolute atomic E-state index is 0.370. The lowest BCUT2D eigenvalue weighted by atomic mass is 10.1. The molecule has 1 unspecified atom stereocenters. The summed E-state index contributed by atoms with van der Waals surface area (Å²) in [6.07, 6.45) is 0.985. The molecule has 0 radical (unpaired) electrons. The number of carbonyl (C=O) groups excluding carboxylic acids is 1. The van der Waals surface area contributed by atoms with Crippen LogP contribution in [0.5, 0.6) is 0 Å². The van der Waals surface area contributed by atoms with Crippen molar-refractivity contribution in [3.05, 3.63) is 12.7 Å². The van der Waals surface area contributed by atoms with Crippen LogP contribution in [0, 0.1) is 0 Å². The Morgan fingerprint density at radius 3 is 2.58 bits per heavy atom. The molecule has 1 heterocycles. The van der Waals surface area contributed by atoms with E-state index in [1.165, 1.54) is 0 Å². The lowest BCUT2D eigenvalue weighted by molar-refractivity contribution is -0.142. The summed E-state index contributed by atoms with van der Waals surface area (Å²) >= 11 is 0. The number of alkyl halides is 1. The van der Waals surface area contributed by atoms with Crippen molar-refractivity contribution in [2.24, 2.45) is 0 Å². The van der Waals surface area contributed by atoms with Gasteiger partial charge in [0.05, 0.1) is 0 Å². The molecule has 1 rings (SSSR count). The molecule has 0 saturated carbocycles. The molecular formula is C8H11FO3. The maximum atomic E-state index is 13.2. The topological polar surface area (TPSA) is 38.8 Å². The monoisotopic (exact) mass is 174 g/mol. The molecule has 0 spiro atoms. The van der Waals surface area contributed by atoms with Crippen molar-refractivity contribution < 1.29 is 18.7 Å². The van der Waals surface area contributed by atoms with Crippen molar-refractivity contribution >= 4 is 5.97 Å². The summed E-state index contributed by atoms with van der Waals surface area (Å²) in [5.74, 6) is -2.45. The molecule has 68 valence electrons. The highest BCUT2D eigenvalue weighted by Crippen LogP contribution is 2.48. The van der Waals surface area contributed by atoms with E-state index >= 15 is 0 Å². The number of epoxide rings is 1. The van der Waals surface area contributed by atoms with Gasteiger partial charge in [0.2, 0.25) is 0 Å². The van der Waals surface area contributed by atoms with E-state index in [-0.39, 0.29) is 6.61 Å². The smallest absolute Gasteiger partial charge is 0.330 e. The van der Waals surface area contributed by atoms with Gasteiger partial charge in [0, 0.05) is 6.08 Å². The largest absolute Gasteiger partial charge is 0.456 e. The lowest BCUT2D eigenvalue weighted by Crippen LogP contribution is -2.23. The number of halogens is 1. The van der Waals surface area contributed by atoms with Gasteiger partial charge in [0.15, 0.2) is 6.61 Å². The van der Waals surface area contributed by atoms with Gasteiger partial charge in [0.25, 0.3) is 5.85 Å². The van der Waals surface area contributed by atoms with Crippen LogP contribution in [0.4, 0.5) is 4.39 Å². The van der Waals surface area contributed by atoms with Crippen LogP contribution >= 0.6 is 0 Å². The number of carbonyl (C=O) groups is 1. The minimum atomic E-state index is -1.81. The Balaban J connectivity index is 2.35. The van der Waals surface area contributed by atoms with Crippen LogP contribution in [-0.2, 0) is 14.3 Å². The van der Waals surface area contributed by atoms with Crippen LogP contribution in [0.25, 0.3) is 0 Å². The van der Waals surface area contributed by atoms with Crippen molar-refractivity contribution in [2.75, 3.05) is 6.61 Å². The van der Waals surface area contributed by atoms with E-state index in [0.29, 0.717) is 0 Å². The average Bonchev–Trinajstić information content (AvgIpc) is 2.47. The molecule has 0 N–H and O–H groups in total. The van der Waals surface area contributed by atoms with E-state index < -0.39 is 17.4 Å². The summed E-state index contributed by atoms with van der Waals surface area (Å²) in [6.45, 7) is 5.99. The third-order valence-corrected chi connectivity index (χ3v) is 1.84. The second-order valence-electron chi connectivity index (χ2n) is 3.15. The fourth-order valence-electron chi connectivity index (χ4n) is 0.805. The predicted molar refractivity (Wildman–Crippen MR) is 40.2 cm³/mol. The van der Waals surface area contributed by atoms with Crippen molar-refractivity contribution in [2.45, 2.75) is 25.3 Å². The van der Waals surface area contributed by atoms with Crippen LogP contribution in [0.2, 0.25) is 0 Å². The number of hydrogen-bond donors (Lipinski definition) is 0. The first-order chi connectivity index (χ1) is 5.41.